The summed E-state index contributed by atoms with van der Waals surface area (Å²) in [6.07, 6.45) is 0. The first-order valence-electron chi connectivity index (χ1n) is 11.0. The van der Waals surface area contributed by atoms with Crippen molar-refractivity contribution in [2.75, 3.05) is 0 Å². The smallest absolute Gasteiger partial charge is 0.350 e. The van der Waals surface area contributed by atoms with E-state index in [1.54, 1.807) is 0 Å². The summed E-state index contributed by atoms with van der Waals surface area (Å²) in [5, 5.41) is 2.30. The number of hydrogen-bond donors (Lipinski definition) is 0. The number of benzene rings is 2. The zero-order chi connectivity index (χ0) is 23.6. The van der Waals surface area contributed by atoms with Crippen LogP contribution in [-0.4, -0.2) is 42.3 Å². The van der Waals surface area contributed by atoms with Crippen LogP contribution in [0.4, 0.5) is 0 Å². The fourth-order valence-corrected chi connectivity index (χ4v) is 25.8. The SMILES string of the molecule is C[Si](C)(C)O[Si](C)(O[Si](C)(C)O[Si](C)(O[Si](C)(C)C)c1ccccc1)c1ccccc1. The molecular formula is C22H40O4Si5. The van der Waals surface area contributed by atoms with E-state index in [0.29, 0.717) is 0 Å². The Hall–Kier alpha value is -0.636. The Bertz CT molecular complexity index is 767. The van der Waals surface area contributed by atoms with E-state index in [4.69, 9.17) is 16.5 Å². The lowest BCUT2D eigenvalue weighted by molar-refractivity contribution is 0.307. The number of rotatable bonds is 10. The van der Waals surface area contributed by atoms with Crippen LogP contribution in [0.2, 0.25) is 65.5 Å². The lowest BCUT2D eigenvalue weighted by Crippen LogP contribution is -2.66. The highest BCUT2D eigenvalue weighted by molar-refractivity contribution is 6.97. The Morgan fingerprint density at radius 1 is 0.419 bits per heavy atom. The third-order valence-electron chi connectivity index (χ3n) is 4.48. The van der Waals surface area contributed by atoms with Gasteiger partial charge in [-0.15, -0.1) is 0 Å². The summed E-state index contributed by atoms with van der Waals surface area (Å²) in [4.78, 5) is 0. The fraction of sp³-hybridized carbons (Fsp3) is 0.455. The molecule has 0 aromatic heterocycles. The highest BCUT2D eigenvalue weighted by Gasteiger charge is 2.49. The summed E-state index contributed by atoms with van der Waals surface area (Å²) >= 11 is 0. The lowest BCUT2D eigenvalue weighted by Gasteiger charge is -2.43. The van der Waals surface area contributed by atoms with E-state index in [-0.39, 0.29) is 0 Å². The van der Waals surface area contributed by atoms with Gasteiger partial charge in [0, 0.05) is 0 Å². The molecule has 0 heterocycles. The van der Waals surface area contributed by atoms with Gasteiger partial charge < -0.3 is 16.5 Å². The zero-order valence-corrected chi connectivity index (χ0v) is 25.9. The molecule has 2 rings (SSSR count). The van der Waals surface area contributed by atoms with Crippen molar-refractivity contribution in [2.24, 2.45) is 0 Å². The molecule has 0 N–H and O–H groups in total. The second kappa shape index (κ2) is 9.69. The molecule has 0 saturated heterocycles. The van der Waals surface area contributed by atoms with Crippen LogP contribution >= 0.6 is 0 Å². The maximum atomic E-state index is 6.96. The molecule has 0 saturated carbocycles. The molecule has 0 spiro atoms. The van der Waals surface area contributed by atoms with Crippen LogP contribution in [0.15, 0.2) is 60.7 Å². The van der Waals surface area contributed by atoms with Crippen molar-refractivity contribution in [2.45, 2.75) is 65.5 Å². The highest BCUT2D eigenvalue weighted by atomic mass is 28.5. The van der Waals surface area contributed by atoms with Gasteiger partial charge in [-0.25, -0.2) is 0 Å². The van der Waals surface area contributed by atoms with Crippen LogP contribution in [0, 0.1) is 0 Å². The Labute approximate surface area is 194 Å². The van der Waals surface area contributed by atoms with Crippen LogP contribution in [0.5, 0.6) is 0 Å². The van der Waals surface area contributed by atoms with Crippen molar-refractivity contribution < 1.29 is 16.5 Å². The largest absolute Gasteiger partial charge is 0.433 e. The van der Waals surface area contributed by atoms with Crippen molar-refractivity contribution in [1.82, 2.24) is 0 Å². The first-order valence-corrected chi connectivity index (χ1v) is 25.2. The summed E-state index contributed by atoms with van der Waals surface area (Å²) in [5.74, 6) is 0. The maximum absolute atomic E-state index is 6.96. The summed E-state index contributed by atoms with van der Waals surface area (Å²) in [7, 11) is -11.7. The second-order valence-corrected chi connectivity index (χ2v) is 30.1. The molecule has 0 radical (unpaired) electrons. The zero-order valence-electron chi connectivity index (χ0n) is 20.9. The number of hydrogen-bond acceptors (Lipinski definition) is 4. The van der Waals surface area contributed by atoms with Crippen molar-refractivity contribution in [1.29, 1.82) is 0 Å². The molecule has 2 aromatic carbocycles. The lowest BCUT2D eigenvalue weighted by atomic mass is 10.4. The van der Waals surface area contributed by atoms with Crippen LogP contribution in [0.3, 0.4) is 0 Å². The Balaban J connectivity index is 2.42. The minimum absolute atomic E-state index is 1.15. The Morgan fingerprint density at radius 3 is 0.968 bits per heavy atom. The first kappa shape index (κ1) is 26.6. The van der Waals surface area contributed by atoms with Gasteiger partial charge in [-0.05, 0) is 75.8 Å². The first-order chi connectivity index (χ1) is 14.0. The van der Waals surface area contributed by atoms with Gasteiger partial charge in [0.25, 0.3) is 0 Å². The molecule has 0 aliphatic carbocycles. The molecule has 0 aliphatic heterocycles. The predicted octanol–water partition coefficient (Wildman–Crippen LogP) is 5.38. The van der Waals surface area contributed by atoms with E-state index in [0.717, 1.165) is 10.4 Å². The topological polar surface area (TPSA) is 36.9 Å². The van der Waals surface area contributed by atoms with E-state index >= 15 is 0 Å². The van der Waals surface area contributed by atoms with Crippen LogP contribution < -0.4 is 10.4 Å². The minimum atomic E-state index is -2.68. The van der Waals surface area contributed by atoms with Gasteiger partial charge in [-0.3, -0.25) is 0 Å². The summed E-state index contributed by atoms with van der Waals surface area (Å²) in [6, 6.07) is 20.8. The van der Waals surface area contributed by atoms with Crippen molar-refractivity contribution >= 4 is 52.7 Å². The monoisotopic (exact) mass is 508 g/mol. The molecule has 0 aliphatic rings. The molecule has 4 nitrogen and oxygen atoms in total. The fourth-order valence-electron chi connectivity index (χ4n) is 3.89. The van der Waals surface area contributed by atoms with Crippen molar-refractivity contribution in [3.8, 4) is 0 Å². The maximum Gasteiger partial charge on any atom is 0.350 e. The molecular weight excluding hydrogens is 469 g/mol. The van der Waals surface area contributed by atoms with Gasteiger partial charge in [0.05, 0.1) is 0 Å². The van der Waals surface area contributed by atoms with Gasteiger partial charge in [-0.2, -0.15) is 0 Å². The van der Waals surface area contributed by atoms with E-state index in [9.17, 15) is 0 Å². The van der Waals surface area contributed by atoms with Crippen LogP contribution in [-0.2, 0) is 16.5 Å². The van der Waals surface area contributed by atoms with Crippen LogP contribution in [0.1, 0.15) is 0 Å². The molecule has 2 aromatic rings. The average molecular weight is 509 g/mol. The third-order valence-corrected chi connectivity index (χ3v) is 22.3. The van der Waals surface area contributed by atoms with E-state index < -0.39 is 42.3 Å². The minimum Gasteiger partial charge on any atom is -0.433 e. The van der Waals surface area contributed by atoms with E-state index in [1.807, 2.05) is 12.1 Å². The molecule has 0 amide bonds. The Morgan fingerprint density at radius 2 is 0.710 bits per heavy atom. The standard InChI is InChI=1S/C22H40O4Si5/c1-27(2,3)23-30(9,21-17-13-11-14-18-21)25-29(7,8)26-31(10,24-28(4,5)6)22-19-15-12-16-20-22/h11-20H,1-10H3. The van der Waals surface area contributed by atoms with Gasteiger partial charge in [-0.1, -0.05) is 60.7 Å². The van der Waals surface area contributed by atoms with Crippen molar-refractivity contribution in [3.05, 3.63) is 60.7 Å². The summed E-state index contributed by atoms with van der Waals surface area (Å²) in [6.45, 7) is 21.9. The van der Waals surface area contributed by atoms with Gasteiger partial charge in [0.15, 0.2) is 16.6 Å². The highest BCUT2D eigenvalue weighted by Crippen LogP contribution is 2.26. The molecule has 9 heteroatoms. The normalized spacial score (nSPS) is 17.1. The molecule has 31 heavy (non-hydrogen) atoms. The van der Waals surface area contributed by atoms with E-state index in [2.05, 4.69) is 114 Å². The third kappa shape index (κ3) is 8.33. The van der Waals surface area contributed by atoms with Gasteiger partial charge >= 0.3 is 25.7 Å². The predicted molar refractivity (Wildman–Crippen MR) is 144 cm³/mol. The molecule has 172 valence electrons. The second-order valence-electron chi connectivity index (χ2n) is 10.7. The van der Waals surface area contributed by atoms with E-state index in [1.165, 1.54) is 0 Å². The quantitative estimate of drug-likeness (QED) is 0.404. The van der Waals surface area contributed by atoms with Crippen LogP contribution in [0.25, 0.3) is 0 Å². The molecule has 2 unspecified atom stereocenters. The molecule has 2 atom stereocenters. The molecule has 0 fully saturated rings. The average Bonchev–Trinajstić information content (AvgIpc) is 2.59. The Kier molecular flexibility index (Phi) is 8.32. The summed E-state index contributed by atoms with van der Waals surface area (Å²) < 4.78 is 27.4. The molecule has 0 bridgehead atoms. The van der Waals surface area contributed by atoms with Gasteiger partial charge in [0.2, 0.25) is 0 Å². The van der Waals surface area contributed by atoms with Gasteiger partial charge in [0.1, 0.15) is 0 Å². The summed E-state index contributed by atoms with van der Waals surface area (Å²) in [5.41, 5.74) is 0. The van der Waals surface area contributed by atoms with Crippen molar-refractivity contribution in [3.63, 3.8) is 0 Å².